The summed E-state index contributed by atoms with van der Waals surface area (Å²) < 4.78 is 6.30. The monoisotopic (exact) mass is 710 g/mol. The molecule has 0 saturated heterocycles. The SMILES string of the molecule is CCN1C2=CN(c3ccccc3)C1=Nc1nc(cn1-c1ccccc1)C(C)(C)c1cn(-c3ccccc3)c(n1)Nc1nc(cn1-c1ccccc1)C2(C)C. The maximum atomic E-state index is 5.47. The van der Waals surface area contributed by atoms with E-state index in [1.54, 1.807) is 0 Å². The predicted octanol–water partition coefficient (Wildman–Crippen LogP) is 9.28. The van der Waals surface area contributed by atoms with Gasteiger partial charge in [-0.1, -0.05) is 72.8 Å². The number of nitrogens with one attached hydrogen (secondary N) is 1. The summed E-state index contributed by atoms with van der Waals surface area (Å²) >= 11 is 0. The molecular weight excluding hydrogens is 669 g/mol. The Morgan fingerprint density at radius 1 is 0.519 bits per heavy atom. The van der Waals surface area contributed by atoms with Crippen molar-refractivity contribution >= 4 is 29.5 Å². The number of imidazole rings is 3. The van der Waals surface area contributed by atoms with E-state index in [0.29, 0.717) is 24.4 Å². The van der Waals surface area contributed by atoms with Gasteiger partial charge in [0.05, 0.1) is 27.9 Å². The normalized spacial score (nSPS) is 15.8. The lowest BCUT2D eigenvalue weighted by atomic mass is 9.85. The van der Waals surface area contributed by atoms with Crippen molar-refractivity contribution in [3.05, 3.63) is 169 Å². The zero-order valence-electron chi connectivity index (χ0n) is 31.1. The van der Waals surface area contributed by atoms with Gasteiger partial charge in [0.15, 0.2) is 0 Å². The Morgan fingerprint density at radius 2 is 0.944 bits per heavy atom. The highest BCUT2D eigenvalue weighted by Crippen LogP contribution is 2.42. The van der Waals surface area contributed by atoms with Crippen molar-refractivity contribution in [1.29, 1.82) is 0 Å². The Labute approximate surface area is 315 Å². The Hall–Kier alpha value is -6.68. The summed E-state index contributed by atoms with van der Waals surface area (Å²) in [6.07, 6.45) is 8.55. The van der Waals surface area contributed by atoms with Gasteiger partial charge in [0.2, 0.25) is 23.8 Å². The number of aliphatic imine (C=N–C) groups is 1. The first-order valence-electron chi connectivity index (χ1n) is 18.4. The van der Waals surface area contributed by atoms with Crippen LogP contribution < -0.4 is 10.2 Å². The average Bonchev–Trinajstić information content (AvgIpc) is 4.01. The largest absolute Gasteiger partial charge is 0.313 e. The van der Waals surface area contributed by atoms with Crippen molar-refractivity contribution in [2.75, 3.05) is 16.8 Å². The number of allylic oxidation sites excluding steroid dienone is 1. The van der Waals surface area contributed by atoms with E-state index in [1.165, 1.54) is 0 Å². The van der Waals surface area contributed by atoms with Gasteiger partial charge in [-0.05, 0) is 83.1 Å². The molecule has 7 aromatic rings. The Kier molecular flexibility index (Phi) is 7.84. The number of para-hydroxylation sites is 4. The molecule has 0 spiro atoms. The highest BCUT2D eigenvalue weighted by atomic mass is 15.4. The number of anilines is 3. The zero-order chi connectivity index (χ0) is 37.0. The van der Waals surface area contributed by atoms with Crippen LogP contribution in [0.15, 0.2) is 157 Å². The minimum atomic E-state index is -0.618. The summed E-state index contributed by atoms with van der Waals surface area (Å²) in [6.45, 7) is 11.6. The first-order valence-corrected chi connectivity index (χ1v) is 18.4. The molecule has 0 fully saturated rings. The number of fused-ring (bicyclic) bond motifs is 8. The molecule has 10 heteroatoms. The molecule has 268 valence electrons. The number of aromatic nitrogens is 6. The number of guanidine groups is 1. The number of nitrogens with zero attached hydrogens (tertiary/aromatic N) is 9. The summed E-state index contributed by atoms with van der Waals surface area (Å²) in [5.74, 6) is 2.66. The molecule has 5 heterocycles. The topological polar surface area (TPSA) is 84.3 Å². The molecule has 0 atom stereocenters. The molecule has 8 bridgehead atoms. The quantitative estimate of drug-likeness (QED) is 0.192. The number of rotatable bonds is 5. The molecule has 3 aromatic heterocycles. The second-order valence-electron chi connectivity index (χ2n) is 14.7. The van der Waals surface area contributed by atoms with Crippen molar-refractivity contribution in [3.8, 4) is 17.1 Å². The Balaban J connectivity index is 1.34. The standard InChI is InChI=1S/C44H42N10/c1-6-50-38-30-54(34-25-17-10-18-26-34)42(50)49-41-46-36(28-53(41)33-23-15-9-16-24-33)43(2,3)35-27-51(31-19-11-7-12-20-31)39(45-35)48-40-47-37(44(38,4)5)29-52(40)32-21-13-8-14-22-32/h7-30H,6H2,1-5H3,(H,45,47,48). The third-order valence-corrected chi connectivity index (χ3v) is 10.5. The van der Waals surface area contributed by atoms with Crippen LogP contribution in [0.2, 0.25) is 0 Å². The van der Waals surface area contributed by atoms with Crippen molar-refractivity contribution in [2.45, 2.75) is 45.4 Å². The van der Waals surface area contributed by atoms with Gasteiger partial charge in [-0.15, -0.1) is 0 Å². The van der Waals surface area contributed by atoms with Crippen LogP contribution in [-0.2, 0) is 10.8 Å². The molecule has 0 radical (unpaired) electrons. The number of benzene rings is 4. The summed E-state index contributed by atoms with van der Waals surface area (Å²) in [7, 11) is 0. The van der Waals surface area contributed by atoms with E-state index in [-0.39, 0.29) is 0 Å². The molecule has 54 heavy (non-hydrogen) atoms. The highest BCUT2D eigenvalue weighted by molar-refractivity contribution is 6.03. The predicted molar refractivity (Wildman–Crippen MR) is 216 cm³/mol. The van der Waals surface area contributed by atoms with Crippen LogP contribution in [0.25, 0.3) is 17.1 Å². The third-order valence-electron chi connectivity index (χ3n) is 10.5. The molecule has 9 rings (SSSR count). The molecule has 2 aliphatic heterocycles. The fourth-order valence-corrected chi connectivity index (χ4v) is 7.28. The Bertz CT molecular complexity index is 2510. The second-order valence-corrected chi connectivity index (χ2v) is 14.7. The summed E-state index contributed by atoms with van der Waals surface area (Å²) in [6, 6.07) is 41.3. The second kappa shape index (κ2) is 12.8. The van der Waals surface area contributed by atoms with Crippen LogP contribution in [-0.4, -0.2) is 46.1 Å². The lowest BCUT2D eigenvalue weighted by Gasteiger charge is -2.31. The van der Waals surface area contributed by atoms with E-state index in [9.17, 15) is 0 Å². The Morgan fingerprint density at radius 3 is 1.44 bits per heavy atom. The average molecular weight is 711 g/mol. The summed E-state index contributed by atoms with van der Waals surface area (Å²) in [5.41, 5.74) is 6.43. The van der Waals surface area contributed by atoms with Crippen LogP contribution >= 0.6 is 0 Å². The lowest BCUT2D eigenvalue weighted by molar-refractivity contribution is 0.433. The molecule has 2 aliphatic rings. The zero-order valence-corrected chi connectivity index (χ0v) is 31.1. The van der Waals surface area contributed by atoms with Crippen LogP contribution in [0, 0.1) is 0 Å². The summed E-state index contributed by atoms with van der Waals surface area (Å²) in [5, 5.41) is 3.69. The van der Waals surface area contributed by atoms with E-state index in [1.807, 2.05) is 60.7 Å². The van der Waals surface area contributed by atoms with Crippen molar-refractivity contribution in [1.82, 2.24) is 33.6 Å². The maximum Gasteiger partial charge on any atom is 0.237 e. The van der Waals surface area contributed by atoms with Gasteiger partial charge < -0.3 is 4.90 Å². The van der Waals surface area contributed by atoms with E-state index < -0.39 is 10.8 Å². The molecule has 0 aliphatic carbocycles. The number of likely N-dealkylation sites (N-methyl/N-ethyl adjacent to an activating group) is 1. The van der Waals surface area contributed by atoms with Crippen LogP contribution in [0.3, 0.4) is 0 Å². The molecule has 0 saturated carbocycles. The number of hydrogen-bond acceptors (Lipinski definition) is 7. The molecule has 1 N–H and O–H groups in total. The van der Waals surface area contributed by atoms with E-state index in [4.69, 9.17) is 19.9 Å². The lowest BCUT2D eigenvalue weighted by Crippen LogP contribution is -2.38. The molecular formula is C44H42N10. The van der Waals surface area contributed by atoms with Gasteiger partial charge >= 0.3 is 0 Å². The van der Waals surface area contributed by atoms with E-state index in [0.717, 1.165) is 51.5 Å². The first kappa shape index (κ1) is 33.2. The van der Waals surface area contributed by atoms with Crippen molar-refractivity contribution < 1.29 is 0 Å². The molecule has 4 aromatic carbocycles. The van der Waals surface area contributed by atoms with Gasteiger partial charge in [-0.3, -0.25) is 23.9 Å². The number of hydrogen-bond donors (Lipinski definition) is 1. The smallest absolute Gasteiger partial charge is 0.237 e. The van der Waals surface area contributed by atoms with Crippen molar-refractivity contribution in [2.24, 2.45) is 4.99 Å². The molecule has 10 nitrogen and oxygen atoms in total. The fourth-order valence-electron chi connectivity index (χ4n) is 7.28. The van der Waals surface area contributed by atoms with Crippen LogP contribution in [0.1, 0.15) is 51.7 Å². The van der Waals surface area contributed by atoms with E-state index in [2.05, 4.69) is 149 Å². The van der Waals surface area contributed by atoms with Gasteiger partial charge in [0.25, 0.3) is 0 Å². The van der Waals surface area contributed by atoms with Gasteiger partial charge in [0, 0.05) is 59.8 Å². The maximum absolute atomic E-state index is 5.47. The minimum absolute atomic E-state index is 0.560. The molecule has 0 unspecified atom stereocenters. The van der Waals surface area contributed by atoms with Gasteiger partial charge in [-0.2, -0.15) is 4.99 Å². The third kappa shape index (κ3) is 5.49. The fraction of sp³-hybridized carbons (Fsp3) is 0.182. The van der Waals surface area contributed by atoms with Crippen molar-refractivity contribution in [3.63, 3.8) is 0 Å². The molecule has 0 amide bonds. The van der Waals surface area contributed by atoms with Gasteiger partial charge in [0.1, 0.15) is 0 Å². The highest BCUT2D eigenvalue weighted by Gasteiger charge is 2.41. The van der Waals surface area contributed by atoms with E-state index >= 15 is 0 Å². The summed E-state index contributed by atoms with van der Waals surface area (Å²) in [4.78, 5) is 26.0. The van der Waals surface area contributed by atoms with Crippen LogP contribution in [0.4, 0.5) is 23.5 Å². The minimum Gasteiger partial charge on any atom is -0.313 e. The van der Waals surface area contributed by atoms with Crippen LogP contribution in [0.5, 0.6) is 0 Å². The first-order chi connectivity index (χ1) is 26.2. The van der Waals surface area contributed by atoms with Gasteiger partial charge in [-0.25, -0.2) is 15.0 Å².